The van der Waals surface area contributed by atoms with Crippen LogP contribution in [-0.2, 0) is 16.1 Å². The Hall–Kier alpha value is -2.25. The summed E-state index contributed by atoms with van der Waals surface area (Å²) >= 11 is 0. The molecule has 1 amide bonds. The zero-order chi connectivity index (χ0) is 19.6. The van der Waals surface area contributed by atoms with E-state index in [1.165, 1.54) is 12.1 Å². The van der Waals surface area contributed by atoms with Gasteiger partial charge in [0.05, 0.1) is 31.0 Å². The Balaban J connectivity index is 1.71. The van der Waals surface area contributed by atoms with Crippen LogP contribution in [0.1, 0.15) is 31.9 Å². The van der Waals surface area contributed by atoms with E-state index in [9.17, 15) is 9.18 Å². The smallest absolute Gasteiger partial charge is 0.242 e. The van der Waals surface area contributed by atoms with Crippen LogP contribution in [-0.4, -0.2) is 51.9 Å². The van der Waals surface area contributed by atoms with Gasteiger partial charge in [0.15, 0.2) is 0 Å². The number of nitrogens with zero attached hydrogens (tertiary/aromatic N) is 3. The van der Waals surface area contributed by atoms with Crippen molar-refractivity contribution >= 4 is 11.7 Å². The lowest BCUT2D eigenvalue weighted by molar-refractivity contribution is -0.126. The molecule has 2 heterocycles. The average molecular weight is 374 g/mol. The summed E-state index contributed by atoms with van der Waals surface area (Å²) in [7, 11) is 0. The number of ether oxygens (including phenoxy) is 1. The van der Waals surface area contributed by atoms with E-state index >= 15 is 0 Å². The predicted molar refractivity (Wildman–Crippen MR) is 102 cm³/mol. The lowest BCUT2D eigenvalue weighted by Gasteiger charge is -2.38. The van der Waals surface area contributed by atoms with Gasteiger partial charge in [-0.05, 0) is 45.4 Å². The van der Waals surface area contributed by atoms with Crippen molar-refractivity contribution in [3.05, 3.63) is 47.4 Å². The molecule has 1 N–H and O–H groups in total. The van der Waals surface area contributed by atoms with Crippen molar-refractivity contribution in [1.29, 1.82) is 0 Å². The van der Waals surface area contributed by atoms with Crippen molar-refractivity contribution < 1.29 is 13.9 Å². The van der Waals surface area contributed by atoms with E-state index in [-0.39, 0.29) is 30.0 Å². The number of carbonyl (C=O) groups excluding carboxylic acids is 1. The van der Waals surface area contributed by atoms with E-state index in [1.807, 2.05) is 33.8 Å². The molecule has 27 heavy (non-hydrogen) atoms. The van der Waals surface area contributed by atoms with E-state index in [1.54, 1.807) is 16.9 Å². The minimum Gasteiger partial charge on any atom is -0.373 e. The minimum atomic E-state index is -0.286. The van der Waals surface area contributed by atoms with Gasteiger partial charge in [-0.1, -0.05) is 12.1 Å². The third-order valence-electron chi connectivity index (χ3n) is 4.86. The summed E-state index contributed by atoms with van der Waals surface area (Å²) in [6, 6.07) is 6.11. The van der Waals surface area contributed by atoms with Gasteiger partial charge in [0.2, 0.25) is 5.91 Å². The van der Waals surface area contributed by atoms with Crippen LogP contribution in [0.2, 0.25) is 0 Å². The van der Waals surface area contributed by atoms with Crippen LogP contribution < -0.4 is 5.32 Å². The summed E-state index contributed by atoms with van der Waals surface area (Å²) in [5, 5.41) is 7.34. The van der Waals surface area contributed by atoms with Crippen LogP contribution in [0, 0.1) is 12.7 Å². The Bertz CT molecular complexity index is 797. The summed E-state index contributed by atoms with van der Waals surface area (Å²) in [5.74, 6) is 0.275. The fraction of sp³-hybridized carbons (Fsp3) is 0.500. The number of hydrogen-bond donors (Lipinski definition) is 1. The maximum Gasteiger partial charge on any atom is 0.242 e. The van der Waals surface area contributed by atoms with Gasteiger partial charge in [0, 0.05) is 18.7 Å². The Morgan fingerprint density at radius 3 is 2.74 bits per heavy atom. The second-order valence-electron chi connectivity index (χ2n) is 7.34. The molecule has 2 aromatic rings. The number of nitrogens with one attached hydrogen (secondary N) is 1. The molecular formula is C20H27FN4O2. The first-order valence-electron chi connectivity index (χ1n) is 9.30. The van der Waals surface area contributed by atoms with E-state index in [0.717, 1.165) is 24.2 Å². The van der Waals surface area contributed by atoms with Crippen molar-refractivity contribution in [2.24, 2.45) is 0 Å². The van der Waals surface area contributed by atoms with Gasteiger partial charge in [0.25, 0.3) is 0 Å². The highest BCUT2D eigenvalue weighted by atomic mass is 19.1. The summed E-state index contributed by atoms with van der Waals surface area (Å²) < 4.78 is 20.9. The van der Waals surface area contributed by atoms with Crippen LogP contribution in [0.15, 0.2) is 30.5 Å². The average Bonchev–Trinajstić information content (AvgIpc) is 2.93. The van der Waals surface area contributed by atoms with Crippen LogP contribution in [0.5, 0.6) is 0 Å². The Morgan fingerprint density at radius 1 is 1.37 bits per heavy atom. The highest BCUT2D eigenvalue weighted by Crippen LogP contribution is 2.19. The lowest BCUT2D eigenvalue weighted by Crippen LogP contribution is -2.52. The number of benzene rings is 1. The number of hydrogen-bond acceptors (Lipinski definition) is 4. The molecule has 3 atom stereocenters. The number of aryl methyl sites for hydroxylation is 1. The highest BCUT2D eigenvalue weighted by molar-refractivity contribution is 5.94. The number of morpholine rings is 1. The maximum atomic E-state index is 13.4. The third kappa shape index (κ3) is 4.73. The molecule has 1 aliphatic rings. The zero-order valence-electron chi connectivity index (χ0n) is 16.3. The Kier molecular flexibility index (Phi) is 5.92. The Morgan fingerprint density at radius 2 is 2.07 bits per heavy atom. The van der Waals surface area contributed by atoms with Crippen molar-refractivity contribution in [3.63, 3.8) is 0 Å². The second kappa shape index (κ2) is 8.19. The van der Waals surface area contributed by atoms with E-state index in [4.69, 9.17) is 4.74 Å². The van der Waals surface area contributed by atoms with Gasteiger partial charge in [-0.25, -0.2) is 9.07 Å². The van der Waals surface area contributed by atoms with Gasteiger partial charge in [0.1, 0.15) is 11.6 Å². The van der Waals surface area contributed by atoms with Crippen LogP contribution in [0.25, 0.3) is 0 Å². The minimum absolute atomic E-state index is 0.0830. The fourth-order valence-electron chi connectivity index (χ4n) is 3.49. The van der Waals surface area contributed by atoms with Crippen LogP contribution in [0.3, 0.4) is 0 Å². The maximum absolute atomic E-state index is 13.4. The molecule has 6 nitrogen and oxygen atoms in total. The van der Waals surface area contributed by atoms with Crippen molar-refractivity contribution in [2.45, 2.75) is 52.5 Å². The molecular weight excluding hydrogens is 347 g/mol. The summed E-state index contributed by atoms with van der Waals surface area (Å²) in [6.07, 6.45) is 1.91. The summed E-state index contributed by atoms with van der Waals surface area (Å²) in [6.45, 7) is 9.68. The number of amides is 1. The van der Waals surface area contributed by atoms with Gasteiger partial charge in [-0.3, -0.25) is 9.69 Å². The topological polar surface area (TPSA) is 59.4 Å². The molecule has 1 fully saturated rings. The highest BCUT2D eigenvalue weighted by Gasteiger charge is 2.29. The van der Waals surface area contributed by atoms with Gasteiger partial charge in [-0.2, -0.15) is 5.10 Å². The number of halogens is 1. The zero-order valence-corrected chi connectivity index (χ0v) is 16.3. The van der Waals surface area contributed by atoms with E-state index in [0.29, 0.717) is 12.4 Å². The molecule has 1 saturated heterocycles. The molecule has 146 valence electrons. The summed E-state index contributed by atoms with van der Waals surface area (Å²) in [5.41, 5.74) is 1.66. The molecule has 0 spiro atoms. The molecule has 1 aliphatic heterocycles. The van der Waals surface area contributed by atoms with Crippen LogP contribution >= 0.6 is 0 Å². The molecule has 0 radical (unpaired) electrons. The number of aromatic nitrogens is 2. The second-order valence-corrected chi connectivity index (χ2v) is 7.34. The SMILES string of the molecule is Cc1cnn(Cc2cccc(F)c2)c1NC(=O)[C@H](C)N1C[C@@H](C)O[C@@H](C)C1. The molecule has 0 saturated carbocycles. The molecule has 7 heteroatoms. The molecule has 3 rings (SSSR count). The van der Waals surface area contributed by atoms with Gasteiger partial charge in [-0.15, -0.1) is 0 Å². The third-order valence-corrected chi connectivity index (χ3v) is 4.86. The normalized spacial score (nSPS) is 21.8. The standard InChI is InChI=1S/C20H27FN4O2/c1-13-9-22-25(12-17-6-5-7-18(21)8-17)19(13)23-20(26)16(4)24-10-14(2)27-15(3)11-24/h5-9,14-16H,10-12H2,1-4H3,(H,23,26)/t14-,15+,16-/m0/s1. The van der Waals surface area contributed by atoms with Crippen molar-refractivity contribution in [1.82, 2.24) is 14.7 Å². The number of carbonyl (C=O) groups is 1. The van der Waals surface area contributed by atoms with Gasteiger partial charge < -0.3 is 10.1 Å². The summed E-state index contributed by atoms with van der Waals surface area (Å²) in [4.78, 5) is 15.0. The van der Waals surface area contributed by atoms with Crippen molar-refractivity contribution in [3.8, 4) is 0 Å². The number of anilines is 1. The predicted octanol–water partition coefficient (Wildman–Crippen LogP) is 2.82. The van der Waals surface area contributed by atoms with Gasteiger partial charge >= 0.3 is 0 Å². The molecule has 0 aliphatic carbocycles. The van der Waals surface area contributed by atoms with Crippen molar-refractivity contribution in [2.75, 3.05) is 18.4 Å². The van der Waals surface area contributed by atoms with Crippen LogP contribution in [0.4, 0.5) is 10.2 Å². The van der Waals surface area contributed by atoms with E-state index in [2.05, 4.69) is 15.3 Å². The van der Waals surface area contributed by atoms with E-state index < -0.39 is 0 Å². The number of rotatable bonds is 5. The molecule has 1 aromatic carbocycles. The Labute approximate surface area is 159 Å². The first-order chi connectivity index (χ1) is 12.8. The largest absolute Gasteiger partial charge is 0.373 e. The first kappa shape index (κ1) is 19.5. The molecule has 0 unspecified atom stereocenters. The molecule has 1 aromatic heterocycles. The monoisotopic (exact) mass is 374 g/mol. The molecule has 0 bridgehead atoms. The fourth-order valence-corrected chi connectivity index (χ4v) is 3.49. The quantitative estimate of drug-likeness (QED) is 0.874. The first-order valence-corrected chi connectivity index (χ1v) is 9.30. The lowest BCUT2D eigenvalue weighted by atomic mass is 10.1.